The average Bonchev–Trinajstić information content (AvgIpc) is 2.83. The van der Waals surface area contributed by atoms with Crippen molar-refractivity contribution in [3.05, 3.63) is 47.0 Å². The summed E-state index contributed by atoms with van der Waals surface area (Å²) in [5, 5.41) is 0.411. The van der Waals surface area contributed by atoms with Crippen molar-refractivity contribution in [3.63, 3.8) is 0 Å². The van der Waals surface area contributed by atoms with Crippen LogP contribution in [0, 0.1) is 0 Å². The minimum atomic E-state index is -4.38. The first-order valence-electron chi connectivity index (χ1n) is 5.97. The molecule has 108 valence electrons. The van der Waals surface area contributed by atoms with E-state index in [1.165, 1.54) is 6.07 Å². The number of hydrogen-bond donors (Lipinski definition) is 2. The summed E-state index contributed by atoms with van der Waals surface area (Å²) < 4.78 is 38.0. The maximum atomic E-state index is 12.7. The molecule has 0 radical (unpaired) electrons. The summed E-state index contributed by atoms with van der Waals surface area (Å²) in [6.07, 6.45) is -4.38. The lowest BCUT2D eigenvalue weighted by atomic mass is 10.2. The van der Waals surface area contributed by atoms with Gasteiger partial charge in [0.05, 0.1) is 27.3 Å². The van der Waals surface area contributed by atoms with Crippen LogP contribution in [0.2, 0.25) is 5.02 Å². The van der Waals surface area contributed by atoms with Gasteiger partial charge in [0.15, 0.2) is 0 Å². The van der Waals surface area contributed by atoms with Crippen molar-refractivity contribution < 1.29 is 13.2 Å². The van der Waals surface area contributed by atoms with E-state index in [9.17, 15) is 13.2 Å². The number of rotatable bonds is 1. The predicted octanol–water partition coefficient (Wildman–Crippen LogP) is 4.48. The van der Waals surface area contributed by atoms with E-state index in [0.29, 0.717) is 33.1 Å². The monoisotopic (exact) mass is 311 g/mol. The lowest BCUT2D eigenvalue weighted by Crippen LogP contribution is -2.04. The molecule has 2 aromatic carbocycles. The van der Waals surface area contributed by atoms with Crippen LogP contribution in [-0.2, 0) is 6.18 Å². The molecule has 3 nitrogen and oxygen atoms in total. The Labute approximate surface area is 122 Å². The number of aromatic nitrogens is 2. The number of hydrogen-bond acceptors (Lipinski definition) is 2. The summed E-state index contributed by atoms with van der Waals surface area (Å²) in [5.41, 5.74) is 6.79. The van der Waals surface area contributed by atoms with Gasteiger partial charge in [0, 0.05) is 5.56 Å². The average molecular weight is 312 g/mol. The van der Waals surface area contributed by atoms with Crippen LogP contribution >= 0.6 is 11.6 Å². The molecule has 0 bridgehead atoms. The van der Waals surface area contributed by atoms with Crippen molar-refractivity contribution in [1.82, 2.24) is 9.97 Å². The molecule has 0 amide bonds. The molecular weight excluding hydrogens is 303 g/mol. The van der Waals surface area contributed by atoms with E-state index >= 15 is 0 Å². The van der Waals surface area contributed by atoms with Crippen LogP contribution in [-0.4, -0.2) is 9.97 Å². The van der Waals surface area contributed by atoms with Gasteiger partial charge in [-0.1, -0.05) is 11.6 Å². The fourth-order valence-corrected chi connectivity index (χ4v) is 2.13. The topological polar surface area (TPSA) is 54.7 Å². The van der Waals surface area contributed by atoms with Gasteiger partial charge in [-0.2, -0.15) is 13.2 Å². The fraction of sp³-hybridized carbons (Fsp3) is 0.0714. The zero-order valence-electron chi connectivity index (χ0n) is 10.5. The fourth-order valence-electron chi connectivity index (χ4n) is 2.01. The summed E-state index contributed by atoms with van der Waals surface area (Å²) in [6, 6.07) is 8.29. The van der Waals surface area contributed by atoms with Crippen molar-refractivity contribution in [2.45, 2.75) is 6.18 Å². The van der Waals surface area contributed by atoms with Crippen LogP contribution < -0.4 is 5.73 Å². The summed E-state index contributed by atoms with van der Waals surface area (Å²) in [4.78, 5) is 7.12. The van der Waals surface area contributed by atoms with Crippen molar-refractivity contribution in [1.29, 1.82) is 0 Å². The molecule has 21 heavy (non-hydrogen) atoms. The molecule has 0 saturated heterocycles. The van der Waals surface area contributed by atoms with E-state index in [2.05, 4.69) is 9.97 Å². The Morgan fingerprint density at radius 1 is 1.10 bits per heavy atom. The van der Waals surface area contributed by atoms with Gasteiger partial charge >= 0.3 is 6.18 Å². The largest absolute Gasteiger partial charge is 0.416 e. The SMILES string of the molecule is Nc1cc(-c2nc3ccc(C(F)(F)F)cc3[nH]2)ccc1Cl. The number of halogens is 4. The Bertz CT molecular complexity index is 824. The zero-order chi connectivity index (χ0) is 15.2. The molecule has 7 heteroatoms. The van der Waals surface area contributed by atoms with Crippen LogP contribution in [0.3, 0.4) is 0 Å². The molecule has 0 aliphatic heterocycles. The van der Waals surface area contributed by atoms with E-state index in [1.54, 1.807) is 18.2 Å². The lowest BCUT2D eigenvalue weighted by Gasteiger charge is -2.05. The number of anilines is 1. The van der Waals surface area contributed by atoms with Crippen LogP contribution in [0.5, 0.6) is 0 Å². The summed E-state index contributed by atoms with van der Waals surface area (Å²) in [6.45, 7) is 0. The van der Waals surface area contributed by atoms with Crippen LogP contribution in [0.15, 0.2) is 36.4 Å². The quantitative estimate of drug-likeness (QED) is 0.651. The molecule has 3 N–H and O–H groups in total. The van der Waals surface area contributed by atoms with Crippen molar-refractivity contribution in [3.8, 4) is 11.4 Å². The third-order valence-electron chi connectivity index (χ3n) is 3.08. The second-order valence-electron chi connectivity index (χ2n) is 4.55. The van der Waals surface area contributed by atoms with Crippen molar-refractivity contribution >= 4 is 28.3 Å². The summed E-state index contributed by atoms with van der Waals surface area (Å²) in [5.74, 6) is 0.438. The Kier molecular flexibility index (Phi) is 3.06. The molecule has 0 spiro atoms. The lowest BCUT2D eigenvalue weighted by molar-refractivity contribution is -0.137. The number of fused-ring (bicyclic) bond motifs is 1. The first kappa shape index (κ1) is 13.8. The molecule has 0 fully saturated rings. The predicted molar refractivity (Wildman–Crippen MR) is 76.0 cm³/mol. The third-order valence-corrected chi connectivity index (χ3v) is 3.42. The Morgan fingerprint density at radius 3 is 2.52 bits per heavy atom. The number of alkyl halides is 3. The number of H-pyrrole nitrogens is 1. The minimum Gasteiger partial charge on any atom is -0.398 e. The van der Waals surface area contributed by atoms with E-state index < -0.39 is 11.7 Å². The molecule has 3 aromatic rings. The summed E-state index contributed by atoms with van der Waals surface area (Å²) >= 11 is 5.84. The first-order chi connectivity index (χ1) is 9.84. The van der Waals surface area contributed by atoms with Gasteiger partial charge in [0.25, 0.3) is 0 Å². The van der Waals surface area contributed by atoms with E-state index in [4.69, 9.17) is 17.3 Å². The molecule has 1 heterocycles. The molecule has 0 aliphatic carbocycles. The molecule has 0 unspecified atom stereocenters. The summed E-state index contributed by atoms with van der Waals surface area (Å²) in [7, 11) is 0. The van der Waals surface area contributed by atoms with Gasteiger partial charge in [0.2, 0.25) is 0 Å². The molecule has 1 aromatic heterocycles. The Morgan fingerprint density at radius 2 is 1.86 bits per heavy atom. The normalized spacial score (nSPS) is 12.0. The number of benzene rings is 2. The van der Waals surface area contributed by atoms with E-state index in [1.807, 2.05) is 0 Å². The zero-order valence-corrected chi connectivity index (χ0v) is 11.3. The number of nitrogens with zero attached hydrogens (tertiary/aromatic N) is 1. The van der Waals surface area contributed by atoms with Gasteiger partial charge in [-0.05, 0) is 36.4 Å². The molecule has 0 aliphatic rings. The van der Waals surface area contributed by atoms with Crippen molar-refractivity contribution in [2.75, 3.05) is 5.73 Å². The standard InChI is InChI=1S/C14H9ClF3N3/c15-9-3-1-7(5-10(9)19)13-20-11-4-2-8(14(16,17)18)6-12(11)21-13/h1-6H,19H2,(H,20,21). The van der Waals surface area contributed by atoms with Gasteiger partial charge in [-0.3, -0.25) is 0 Å². The number of nitrogens with one attached hydrogen (secondary N) is 1. The highest BCUT2D eigenvalue weighted by molar-refractivity contribution is 6.33. The van der Waals surface area contributed by atoms with Gasteiger partial charge in [0.1, 0.15) is 5.82 Å². The molecule has 0 atom stereocenters. The molecule has 0 saturated carbocycles. The first-order valence-corrected chi connectivity index (χ1v) is 6.35. The highest BCUT2D eigenvalue weighted by atomic mass is 35.5. The smallest absolute Gasteiger partial charge is 0.398 e. The van der Waals surface area contributed by atoms with Crippen LogP contribution in [0.4, 0.5) is 18.9 Å². The second kappa shape index (κ2) is 4.66. The number of imidazole rings is 1. The highest BCUT2D eigenvalue weighted by Gasteiger charge is 2.30. The van der Waals surface area contributed by atoms with Crippen molar-refractivity contribution in [2.24, 2.45) is 0 Å². The van der Waals surface area contributed by atoms with Crippen LogP contribution in [0.1, 0.15) is 5.56 Å². The minimum absolute atomic E-state index is 0.313. The molecular formula is C14H9ClF3N3. The third kappa shape index (κ3) is 2.54. The van der Waals surface area contributed by atoms with Gasteiger partial charge < -0.3 is 10.7 Å². The highest BCUT2D eigenvalue weighted by Crippen LogP contribution is 2.32. The molecule has 3 rings (SSSR count). The van der Waals surface area contributed by atoms with Gasteiger partial charge in [-0.15, -0.1) is 0 Å². The van der Waals surface area contributed by atoms with E-state index in [-0.39, 0.29) is 0 Å². The van der Waals surface area contributed by atoms with E-state index in [0.717, 1.165) is 12.1 Å². The number of nitrogen functional groups attached to an aromatic ring is 1. The number of nitrogens with two attached hydrogens (primary N) is 1. The second-order valence-corrected chi connectivity index (χ2v) is 4.96. The Hall–Kier alpha value is -2.21. The maximum absolute atomic E-state index is 12.7. The maximum Gasteiger partial charge on any atom is 0.416 e. The Balaban J connectivity index is 2.10. The number of aromatic amines is 1. The van der Waals surface area contributed by atoms with Crippen LogP contribution in [0.25, 0.3) is 22.4 Å². The van der Waals surface area contributed by atoms with Gasteiger partial charge in [-0.25, -0.2) is 4.98 Å².